The van der Waals surface area contributed by atoms with E-state index in [9.17, 15) is 4.79 Å². The second-order valence-corrected chi connectivity index (χ2v) is 6.28. The van der Waals surface area contributed by atoms with E-state index in [0.29, 0.717) is 11.4 Å². The van der Waals surface area contributed by atoms with Gasteiger partial charge in [0.15, 0.2) is 6.61 Å². The van der Waals surface area contributed by atoms with Crippen molar-refractivity contribution in [3.63, 3.8) is 0 Å². The van der Waals surface area contributed by atoms with Crippen LogP contribution >= 0.6 is 0 Å². The van der Waals surface area contributed by atoms with Gasteiger partial charge in [0.25, 0.3) is 5.89 Å². The summed E-state index contributed by atoms with van der Waals surface area (Å²) in [6, 6.07) is 17.0. The molecule has 0 radical (unpaired) electrons. The maximum Gasteiger partial charge on any atom is 0.339 e. The molecule has 4 aromatic rings. The van der Waals surface area contributed by atoms with E-state index in [0.717, 1.165) is 27.7 Å². The number of para-hydroxylation sites is 1. The van der Waals surface area contributed by atoms with Gasteiger partial charge in [-0.25, -0.2) is 4.79 Å². The lowest BCUT2D eigenvalue weighted by Crippen LogP contribution is -2.07. The normalized spacial score (nSPS) is 10.9. The summed E-state index contributed by atoms with van der Waals surface area (Å²) in [5.74, 6) is 0.257. The predicted molar refractivity (Wildman–Crippen MR) is 100 cm³/mol. The highest BCUT2D eigenvalue weighted by Crippen LogP contribution is 2.20. The van der Waals surface area contributed by atoms with E-state index >= 15 is 0 Å². The Labute approximate surface area is 155 Å². The van der Waals surface area contributed by atoms with Crippen molar-refractivity contribution in [1.82, 2.24) is 15.1 Å². The minimum absolute atomic E-state index is 0.0899. The van der Waals surface area contributed by atoms with Gasteiger partial charge in [0.1, 0.15) is 0 Å². The summed E-state index contributed by atoms with van der Waals surface area (Å²) in [5, 5.41) is 4.69. The van der Waals surface area contributed by atoms with E-state index in [4.69, 9.17) is 9.26 Å². The Morgan fingerprint density at radius 2 is 1.81 bits per heavy atom. The number of rotatable bonds is 4. The van der Waals surface area contributed by atoms with Crippen LogP contribution in [0, 0.1) is 13.8 Å². The highest BCUT2D eigenvalue weighted by Gasteiger charge is 2.16. The number of hydrogen-bond donors (Lipinski definition) is 0. The molecule has 27 heavy (non-hydrogen) atoms. The highest BCUT2D eigenvalue weighted by atomic mass is 16.6. The van der Waals surface area contributed by atoms with E-state index in [1.165, 1.54) is 0 Å². The van der Waals surface area contributed by atoms with Crippen LogP contribution in [0.4, 0.5) is 0 Å². The predicted octanol–water partition coefficient (Wildman–Crippen LogP) is 4.26. The molecule has 0 aliphatic carbocycles. The molecular formula is C21H17N3O3. The summed E-state index contributed by atoms with van der Waals surface area (Å²) in [6.07, 6.45) is 0. The molecule has 0 saturated carbocycles. The first-order valence-corrected chi connectivity index (χ1v) is 8.53. The number of aromatic nitrogens is 3. The van der Waals surface area contributed by atoms with Crippen molar-refractivity contribution in [2.24, 2.45) is 0 Å². The van der Waals surface area contributed by atoms with Crippen LogP contribution in [0.1, 0.15) is 27.5 Å². The molecule has 0 fully saturated rings. The van der Waals surface area contributed by atoms with Gasteiger partial charge < -0.3 is 9.26 Å². The van der Waals surface area contributed by atoms with Crippen LogP contribution in [-0.2, 0) is 11.3 Å². The van der Waals surface area contributed by atoms with Gasteiger partial charge in [0, 0.05) is 16.6 Å². The Hall–Kier alpha value is -3.54. The molecule has 0 bridgehead atoms. The molecule has 2 aromatic carbocycles. The van der Waals surface area contributed by atoms with Gasteiger partial charge >= 0.3 is 5.97 Å². The van der Waals surface area contributed by atoms with Crippen molar-refractivity contribution in [2.45, 2.75) is 20.5 Å². The number of nitrogens with zero attached hydrogens (tertiary/aromatic N) is 3. The van der Waals surface area contributed by atoms with Crippen LogP contribution < -0.4 is 0 Å². The number of esters is 1. The van der Waals surface area contributed by atoms with Crippen molar-refractivity contribution >= 4 is 16.9 Å². The van der Waals surface area contributed by atoms with Gasteiger partial charge in [0.05, 0.1) is 11.1 Å². The maximum absolute atomic E-state index is 12.6. The average molecular weight is 359 g/mol. The summed E-state index contributed by atoms with van der Waals surface area (Å²) in [4.78, 5) is 21.3. The molecule has 2 heterocycles. The summed E-state index contributed by atoms with van der Waals surface area (Å²) < 4.78 is 10.6. The van der Waals surface area contributed by atoms with Gasteiger partial charge in [-0.2, -0.15) is 4.98 Å². The van der Waals surface area contributed by atoms with Crippen molar-refractivity contribution in [3.8, 4) is 11.4 Å². The molecule has 6 heteroatoms. The smallest absolute Gasteiger partial charge is 0.339 e. The fourth-order valence-electron chi connectivity index (χ4n) is 2.82. The molecule has 0 amide bonds. The number of benzene rings is 2. The Morgan fingerprint density at radius 1 is 1.04 bits per heavy atom. The Bertz CT molecular complexity index is 1120. The fraction of sp³-hybridized carbons (Fsp3) is 0.143. The van der Waals surface area contributed by atoms with Crippen LogP contribution in [0.25, 0.3) is 22.3 Å². The largest absolute Gasteiger partial charge is 0.452 e. The number of carbonyl (C=O) groups is 1. The lowest BCUT2D eigenvalue weighted by atomic mass is 10.1. The molecule has 0 aliphatic heterocycles. The first-order valence-electron chi connectivity index (χ1n) is 8.53. The molecule has 4 rings (SSSR count). The Morgan fingerprint density at radius 3 is 2.63 bits per heavy atom. The summed E-state index contributed by atoms with van der Waals surface area (Å²) in [6.45, 7) is 3.76. The number of ether oxygens (including phenoxy) is 1. The molecule has 0 unspecified atom stereocenters. The second kappa shape index (κ2) is 6.99. The first-order chi connectivity index (χ1) is 13.1. The molecule has 6 nitrogen and oxygen atoms in total. The molecule has 0 saturated heterocycles. The lowest BCUT2D eigenvalue weighted by Gasteiger charge is -2.07. The van der Waals surface area contributed by atoms with Gasteiger partial charge in [-0.15, -0.1) is 0 Å². The average Bonchev–Trinajstić information content (AvgIpc) is 3.15. The van der Waals surface area contributed by atoms with E-state index in [1.54, 1.807) is 6.07 Å². The van der Waals surface area contributed by atoms with Crippen LogP contribution in [-0.4, -0.2) is 21.1 Å². The standard InChI is InChI=1S/C21H17N3O3/c1-13-7-9-15(10-8-13)20-23-19(27-24-20)12-26-21(25)17-11-14(2)22-18-6-4-3-5-16(17)18/h3-11H,12H2,1-2H3. The minimum atomic E-state index is -0.452. The maximum atomic E-state index is 12.6. The zero-order chi connectivity index (χ0) is 18.8. The van der Waals surface area contributed by atoms with Crippen molar-refractivity contribution in [2.75, 3.05) is 0 Å². The van der Waals surface area contributed by atoms with E-state index < -0.39 is 5.97 Å². The van der Waals surface area contributed by atoms with Gasteiger partial charge in [-0.05, 0) is 26.0 Å². The van der Waals surface area contributed by atoms with Crippen LogP contribution in [0.5, 0.6) is 0 Å². The fourth-order valence-corrected chi connectivity index (χ4v) is 2.82. The van der Waals surface area contributed by atoms with Crippen molar-refractivity contribution < 1.29 is 14.1 Å². The quantitative estimate of drug-likeness (QED) is 0.507. The Balaban J connectivity index is 1.51. The number of aryl methyl sites for hydroxylation is 2. The minimum Gasteiger partial charge on any atom is -0.452 e. The molecule has 2 aromatic heterocycles. The lowest BCUT2D eigenvalue weighted by molar-refractivity contribution is 0.0432. The molecule has 0 N–H and O–H groups in total. The van der Waals surface area contributed by atoms with E-state index in [2.05, 4.69) is 15.1 Å². The molecular weight excluding hydrogens is 342 g/mol. The van der Waals surface area contributed by atoms with E-state index in [1.807, 2.05) is 62.4 Å². The van der Waals surface area contributed by atoms with Crippen molar-refractivity contribution in [1.29, 1.82) is 0 Å². The zero-order valence-electron chi connectivity index (χ0n) is 15.0. The van der Waals surface area contributed by atoms with Crippen molar-refractivity contribution in [3.05, 3.63) is 77.3 Å². The highest BCUT2D eigenvalue weighted by molar-refractivity contribution is 6.03. The zero-order valence-corrected chi connectivity index (χ0v) is 15.0. The number of pyridine rings is 1. The summed E-state index contributed by atoms with van der Waals surface area (Å²) in [7, 11) is 0. The topological polar surface area (TPSA) is 78.1 Å². The second-order valence-electron chi connectivity index (χ2n) is 6.28. The summed E-state index contributed by atoms with van der Waals surface area (Å²) in [5.41, 5.74) is 3.97. The van der Waals surface area contributed by atoms with Crippen LogP contribution in [0.2, 0.25) is 0 Å². The number of carbonyl (C=O) groups excluding carboxylic acids is 1. The first kappa shape index (κ1) is 16.9. The molecule has 0 spiro atoms. The SMILES string of the molecule is Cc1ccc(-c2noc(COC(=O)c3cc(C)nc4ccccc34)n2)cc1. The van der Waals surface area contributed by atoms with E-state index in [-0.39, 0.29) is 12.5 Å². The third-order valence-corrected chi connectivity index (χ3v) is 4.17. The Kier molecular flexibility index (Phi) is 4.38. The molecule has 134 valence electrons. The number of fused-ring (bicyclic) bond motifs is 1. The molecule has 0 aliphatic rings. The number of hydrogen-bond acceptors (Lipinski definition) is 6. The van der Waals surface area contributed by atoms with Crippen LogP contribution in [0.3, 0.4) is 0 Å². The third kappa shape index (κ3) is 3.55. The van der Waals surface area contributed by atoms with Gasteiger partial charge in [0.2, 0.25) is 5.82 Å². The monoisotopic (exact) mass is 359 g/mol. The third-order valence-electron chi connectivity index (χ3n) is 4.17. The summed E-state index contributed by atoms with van der Waals surface area (Å²) >= 11 is 0. The molecule has 0 atom stereocenters. The van der Waals surface area contributed by atoms with Gasteiger partial charge in [-0.3, -0.25) is 4.98 Å². The van der Waals surface area contributed by atoms with Crippen LogP contribution in [0.15, 0.2) is 59.1 Å². The van der Waals surface area contributed by atoms with Gasteiger partial charge in [-0.1, -0.05) is 53.2 Å².